The highest BCUT2D eigenvalue weighted by molar-refractivity contribution is 7.89. The third-order valence-electron chi connectivity index (χ3n) is 4.04. The topological polar surface area (TPSA) is 88.4 Å². The molecule has 2 N–H and O–H groups in total. The van der Waals surface area contributed by atoms with Crippen molar-refractivity contribution >= 4 is 21.6 Å². The highest BCUT2D eigenvalue weighted by Crippen LogP contribution is 2.17. The van der Waals surface area contributed by atoms with Crippen molar-refractivity contribution in [2.24, 2.45) is 0 Å². The van der Waals surface area contributed by atoms with Gasteiger partial charge in [-0.3, -0.25) is 4.79 Å². The van der Waals surface area contributed by atoms with Crippen LogP contribution in [0.1, 0.15) is 28.6 Å². The Morgan fingerprint density at radius 3 is 2.48 bits per heavy atom. The maximum absolute atomic E-state index is 12.4. The average Bonchev–Trinajstić information content (AvgIpc) is 3.20. The lowest BCUT2D eigenvalue weighted by Gasteiger charge is -2.09. The maximum atomic E-state index is 12.4. The number of carbonyl (C=O) groups excluding carboxylic acids is 1. The van der Waals surface area contributed by atoms with Gasteiger partial charge in [0, 0.05) is 11.3 Å². The number of furan rings is 1. The van der Waals surface area contributed by atoms with Crippen LogP contribution in [0.4, 0.5) is 5.69 Å². The number of amides is 1. The van der Waals surface area contributed by atoms with Gasteiger partial charge >= 0.3 is 0 Å². The predicted molar refractivity (Wildman–Crippen MR) is 103 cm³/mol. The molecule has 0 spiro atoms. The number of benzene rings is 2. The summed E-state index contributed by atoms with van der Waals surface area (Å²) in [6.45, 7) is 2.09. The van der Waals surface area contributed by atoms with E-state index in [1.54, 1.807) is 36.4 Å². The highest BCUT2D eigenvalue weighted by Gasteiger charge is 2.15. The second kappa shape index (κ2) is 8.20. The first kappa shape index (κ1) is 18.9. The molecule has 3 rings (SSSR count). The summed E-state index contributed by atoms with van der Waals surface area (Å²) in [6.07, 6.45) is 2.37. The van der Waals surface area contributed by atoms with Crippen molar-refractivity contribution in [2.75, 3.05) is 5.32 Å². The van der Waals surface area contributed by atoms with E-state index in [0.717, 1.165) is 12.0 Å². The van der Waals surface area contributed by atoms with E-state index in [1.165, 1.54) is 18.4 Å². The maximum Gasteiger partial charge on any atom is 0.255 e. The second-order valence-electron chi connectivity index (χ2n) is 5.94. The molecule has 27 heavy (non-hydrogen) atoms. The summed E-state index contributed by atoms with van der Waals surface area (Å²) in [5, 5.41) is 2.73. The Bertz CT molecular complexity index is 1010. The van der Waals surface area contributed by atoms with E-state index >= 15 is 0 Å². The molecule has 1 aromatic heterocycles. The Morgan fingerprint density at radius 1 is 1.04 bits per heavy atom. The minimum absolute atomic E-state index is 0.0513. The molecular formula is C20H20N2O4S. The van der Waals surface area contributed by atoms with Crippen LogP contribution in [0.3, 0.4) is 0 Å². The van der Waals surface area contributed by atoms with Gasteiger partial charge in [-0.05, 0) is 54.4 Å². The minimum atomic E-state index is -3.73. The Kier molecular flexibility index (Phi) is 5.73. The van der Waals surface area contributed by atoms with Crippen LogP contribution in [0.2, 0.25) is 0 Å². The van der Waals surface area contributed by atoms with Gasteiger partial charge in [0.15, 0.2) is 0 Å². The fourth-order valence-corrected chi connectivity index (χ4v) is 3.54. The van der Waals surface area contributed by atoms with Crippen molar-refractivity contribution in [2.45, 2.75) is 24.8 Å². The van der Waals surface area contributed by atoms with Crippen LogP contribution in [0.5, 0.6) is 0 Å². The average molecular weight is 384 g/mol. The Morgan fingerprint density at radius 2 is 1.81 bits per heavy atom. The first-order valence-corrected chi connectivity index (χ1v) is 9.98. The molecule has 0 bridgehead atoms. The molecule has 0 fully saturated rings. The van der Waals surface area contributed by atoms with Crippen LogP contribution in [-0.4, -0.2) is 14.3 Å². The molecule has 6 nitrogen and oxygen atoms in total. The van der Waals surface area contributed by atoms with E-state index in [2.05, 4.69) is 10.0 Å². The van der Waals surface area contributed by atoms with Gasteiger partial charge in [0.05, 0.1) is 17.7 Å². The minimum Gasteiger partial charge on any atom is -0.468 e. The number of hydrogen-bond acceptors (Lipinski definition) is 4. The highest BCUT2D eigenvalue weighted by atomic mass is 32.2. The zero-order valence-electron chi connectivity index (χ0n) is 14.8. The molecule has 0 saturated heterocycles. The van der Waals surface area contributed by atoms with E-state index in [-0.39, 0.29) is 17.3 Å². The van der Waals surface area contributed by atoms with Crippen LogP contribution in [0.25, 0.3) is 0 Å². The van der Waals surface area contributed by atoms with Crippen LogP contribution >= 0.6 is 0 Å². The summed E-state index contributed by atoms with van der Waals surface area (Å²) in [5.41, 5.74) is 2.05. The number of rotatable bonds is 7. The predicted octanol–water partition coefficient (Wildman–Crippen LogP) is 3.57. The van der Waals surface area contributed by atoms with Gasteiger partial charge in [0.25, 0.3) is 5.91 Å². The third-order valence-corrected chi connectivity index (χ3v) is 5.44. The van der Waals surface area contributed by atoms with Crippen LogP contribution < -0.4 is 10.0 Å². The van der Waals surface area contributed by atoms with Crippen molar-refractivity contribution in [3.63, 3.8) is 0 Å². The van der Waals surface area contributed by atoms with E-state index < -0.39 is 10.0 Å². The van der Waals surface area contributed by atoms with Gasteiger partial charge < -0.3 is 9.73 Å². The summed E-state index contributed by atoms with van der Waals surface area (Å²) < 4.78 is 32.5. The van der Waals surface area contributed by atoms with Gasteiger partial charge in [0.2, 0.25) is 10.0 Å². The van der Waals surface area contributed by atoms with Crippen LogP contribution in [0.15, 0.2) is 76.2 Å². The number of nitrogens with one attached hydrogen (secondary N) is 2. The van der Waals surface area contributed by atoms with E-state index in [4.69, 9.17) is 4.42 Å². The number of sulfonamides is 1. The van der Waals surface area contributed by atoms with Crippen molar-refractivity contribution in [1.82, 2.24) is 4.72 Å². The molecule has 3 aromatic rings. The lowest BCUT2D eigenvalue weighted by molar-refractivity contribution is 0.102. The summed E-state index contributed by atoms with van der Waals surface area (Å²) in [4.78, 5) is 12.4. The van der Waals surface area contributed by atoms with E-state index in [9.17, 15) is 13.2 Å². The molecule has 0 aliphatic rings. The number of carbonyl (C=O) groups is 1. The fourth-order valence-electron chi connectivity index (χ4n) is 2.50. The number of anilines is 1. The van der Waals surface area contributed by atoms with Gasteiger partial charge in [0.1, 0.15) is 5.76 Å². The monoisotopic (exact) mass is 384 g/mol. The van der Waals surface area contributed by atoms with Gasteiger partial charge in [-0.2, -0.15) is 0 Å². The summed E-state index contributed by atoms with van der Waals surface area (Å²) >= 11 is 0. The van der Waals surface area contributed by atoms with Crippen LogP contribution in [-0.2, 0) is 23.0 Å². The lowest BCUT2D eigenvalue weighted by Crippen LogP contribution is -2.23. The van der Waals surface area contributed by atoms with Gasteiger partial charge in [-0.1, -0.05) is 25.1 Å². The Balaban J connectivity index is 1.71. The van der Waals surface area contributed by atoms with Crippen molar-refractivity contribution in [3.05, 3.63) is 83.8 Å². The molecule has 0 radical (unpaired) electrons. The lowest BCUT2D eigenvalue weighted by atomic mass is 10.1. The first-order valence-electron chi connectivity index (χ1n) is 8.50. The molecule has 0 aliphatic carbocycles. The standard InChI is InChI=1S/C20H20N2O4S/c1-2-15-8-10-16(11-9-15)20(23)22-17-5-3-7-19(13-17)27(24,25)21-14-18-6-4-12-26-18/h3-13,21H,2,14H2,1H3,(H,22,23). The largest absolute Gasteiger partial charge is 0.468 e. The quantitative estimate of drug-likeness (QED) is 0.652. The SMILES string of the molecule is CCc1ccc(C(=O)Nc2cccc(S(=O)(=O)NCc3ccco3)c2)cc1. The first-order chi connectivity index (χ1) is 13.0. The van der Waals surface area contributed by atoms with Gasteiger partial charge in [-0.15, -0.1) is 0 Å². The Labute approximate surface area is 158 Å². The zero-order chi connectivity index (χ0) is 19.3. The molecule has 1 heterocycles. The molecule has 0 unspecified atom stereocenters. The molecule has 140 valence electrons. The molecule has 0 atom stereocenters. The summed E-state index contributed by atoms with van der Waals surface area (Å²) in [5.74, 6) is 0.217. The summed E-state index contributed by atoms with van der Waals surface area (Å²) in [6, 6.07) is 16.8. The zero-order valence-corrected chi connectivity index (χ0v) is 15.6. The summed E-state index contributed by atoms with van der Waals surface area (Å²) in [7, 11) is -3.73. The number of hydrogen-bond donors (Lipinski definition) is 2. The third kappa shape index (κ3) is 4.84. The van der Waals surface area contributed by atoms with Crippen molar-refractivity contribution in [3.8, 4) is 0 Å². The molecule has 0 aliphatic heterocycles. The van der Waals surface area contributed by atoms with Crippen molar-refractivity contribution < 1.29 is 17.6 Å². The molecule has 0 saturated carbocycles. The van der Waals surface area contributed by atoms with E-state index in [1.807, 2.05) is 19.1 Å². The smallest absolute Gasteiger partial charge is 0.255 e. The molecule has 1 amide bonds. The Hall–Kier alpha value is -2.90. The van der Waals surface area contributed by atoms with E-state index in [0.29, 0.717) is 17.0 Å². The normalized spacial score (nSPS) is 11.3. The molecular weight excluding hydrogens is 364 g/mol. The van der Waals surface area contributed by atoms with Crippen molar-refractivity contribution in [1.29, 1.82) is 0 Å². The van der Waals surface area contributed by atoms with Crippen LogP contribution in [0, 0.1) is 0 Å². The fraction of sp³-hybridized carbons (Fsp3) is 0.150. The number of aryl methyl sites for hydroxylation is 1. The van der Waals surface area contributed by atoms with Gasteiger partial charge in [-0.25, -0.2) is 13.1 Å². The molecule has 7 heteroatoms. The molecule has 2 aromatic carbocycles. The second-order valence-corrected chi connectivity index (χ2v) is 7.70.